The summed E-state index contributed by atoms with van der Waals surface area (Å²) in [5.74, 6) is -2.06. The summed E-state index contributed by atoms with van der Waals surface area (Å²) in [6, 6.07) is 3.61. The molecule has 4 N–H and O–H groups in total. The summed E-state index contributed by atoms with van der Waals surface area (Å²) in [6.07, 6.45) is -4.86. The van der Waals surface area contributed by atoms with Crippen molar-refractivity contribution < 1.29 is 37.7 Å². The van der Waals surface area contributed by atoms with Crippen LogP contribution in [0, 0.1) is 0 Å². The number of carboxylic acid groups (broad SMARTS) is 1. The van der Waals surface area contributed by atoms with Crippen LogP contribution < -0.4 is 15.4 Å². The molecule has 0 saturated carbocycles. The van der Waals surface area contributed by atoms with Gasteiger partial charge in [0.1, 0.15) is 5.75 Å². The van der Waals surface area contributed by atoms with Gasteiger partial charge in [-0.2, -0.15) is 0 Å². The number of amides is 2. The molecule has 22 heavy (non-hydrogen) atoms. The van der Waals surface area contributed by atoms with Crippen LogP contribution in [0.2, 0.25) is 0 Å². The van der Waals surface area contributed by atoms with Crippen LogP contribution in [-0.4, -0.2) is 40.7 Å². The second-order valence-corrected chi connectivity index (χ2v) is 4.46. The van der Waals surface area contributed by atoms with Crippen LogP contribution in [0.4, 0.5) is 23.7 Å². The van der Waals surface area contributed by atoms with Crippen molar-refractivity contribution in [2.75, 3.05) is 11.9 Å². The fourth-order valence-corrected chi connectivity index (χ4v) is 1.27. The van der Waals surface area contributed by atoms with Crippen LogP contribution in [0.25, 0.3) is 0 Å². The molecule has 0 spiro atoms. The van der Waals surface area contributed by atoms with Crippen molar-refractivity contribution in [3.8, 4) is 5.75 Å². The number of carbonyl (C=O) groups excluding carboxylic acids is 1. The maximum Gasteiger partial charge on any atom is 0.573 e. The Morgan fingerprint density at radius 3 is 2.50 bits per heavy atom. The molecular weight excluding hydrogens is 309 g/mol. The smallest absolute Gasteiger partial charge is 0.479 e. The number of benzene rings is 1. The van der Waals surface area contributed by atoms with E-state index >= 15 is 0 Å². The first kappa shape index (κ1) is 17.6. The molecule has 0 radical (unpaired) electrons. The molecule has 1 aromatic carbocycles. The number of urea groups is 1. The molecule has 1 rings (SSSR count). The SMILES string of the molecule is CC(O)(CNC(=O)Nc1cccc(OC(F)(F)F)c1)C(=O)O. The molecule has 0 saturated heterocycles. The highest BCUT2D eigenvalue weighted by Gasteiger charge is 2.31. The highest BCUT2D eigenvalue weighted by Crippen LogP contribution is 2.24. The van der Waals surface area contributed by atoms with Gasteiger partial charge in [0, 0.05) is 11.8 Å². The van der Waals surface area contributed by atoms with Gasteiger partial charge in [-0.3, -0.25) is 0 Å². The summed E-state index contributed by atoms with van der Waals surface area (Å²) >= 11 is 0. The third-order valence-electron chi connectivity index (χ3n) is 2.38. The summed E-state index contributed by atoms with van der Waals surface area (Å²) < 4.78 is 39.9. The number of alkyl halides is 3. The van der Waals surface area contributed by atoms with Gasteiger partial charge in [0.25, 0.3) is 0 Å². The quantitative estimate of drug-likeness (QED) is 0.658. The van der Waals surface area contributed by atoms with Crippen LogP contribution in [0.5, 0.6) is 5.75 Å². The first-order chi connectivity index (χ1) is 9.99. The maximum absolute atomic E-state index is 12.1. The highest BCUT2D eigenvalue weighted by molar-refractivity contribution is 5.90. The number of ether oxygens (including phenoxy) is 1. The van der Waals surface area contributed by atoms with E-state index in [-0.39, 0.29) is 5.69 Å². The summed E-state index contributed by atoms with van der Waals surface area (Å²) in [7, 11) is 0. The van der Waals surface area contributed by atoms with E-state index in [2.05, 4.69) is 15.4 Å². The molecule has 1 aromatic rings. The number of carbonyl (C=O) groups is 2. The van der Waals surface area contributed by atoms with E-state index in [1.807, 2.05) is 0 Å². The van der Waals surface area contributed by atoms with E-state index < -0.39 is 36.3 Å². The van der Waals surface area contributed by atoms with Crippen LogP contribution in [0.1, 0.15) is 6.92 Å². The van der Waals surface area contributed by atoms with Gasteiger partial charge in [0.15, 0.2) is 5.60 Å². The number of anilines is 1. The second kappa shape index (κ2) is 6.52. The summed E-state index contributed by atoms with van der Waals surface area (Å²) in [5, 5.41) is 22.3. The van der Waals surface area contributed by atoms with Gasteiger partial charge in [-0.25, -0.2) is 9.59 Å². The normalized spacial score (nSPS) is 13.9. The Labute approximate surface area is 122 Å². The Bertz CT molecular complexity index is 560. The van der Waals surface area contributed by atoms with E-state index in [0.717, 1.165) is 19.1 Å². The van der Waals surface area contributed by atoms with Crippen molar-refractivity contribution in [3.05, 3.63) is 24.3 Å². The minimum atomic E-state index is -4.86. The average Bonchev–Trinajstić information content (AvgIpc) is 2.34. The maximum atomic E-state index is 12.1. The average molecular weight is 322 g/mol. The van der Waals surface area contributed by atoms with Gasteiger partial charge in [-0.1, -0.05) is 6.07 Å². The Hall–Kier alpha value is -2.49. The van der Waals surface area contributed by atoms with Gasteiger partial charge in [-0.05, 0) is 19.1 Å². The first-order valence-corrected chi connectivity index (χ1v) is 5.86. The number of hydrogen-bond donors (Lipinski definition) is 4. The highest BCUT2D eigenvalue weighted by atomic mass is 19.4. The topological polar surface area (TPSA) is 108 Å². The fourth-order valence-electron chi connectivity index (χ4n) is 1.27. The molecule has 122 valence electrons. The number of nitrogens with one attached hydrogen (secondary N) is 2. The van der Waals surface area contributed by atoms with Crippen molar-refractivity contribution >= 4 is 17.7 Å². The zero-order valence-electron chi connectivity index (χ0n) is 11.3. The van der Waals surface area contributed by atoms with E-state index in [1.165, 1.54) is 12.1 Å². The Balaban J connectivity index is 2.62. The van der Waals surface area contributed by atoms with Crippen molar-refractivity contribution in [1.82, 2.24) is 5.32 Å². The minimum Gasteiger partial charge on any atom is -0.479 e. The molecule has 1 unspecified atom stereocenters. The van der Waals surface area contributed by atoms with Gasteiger partial charge in [0.05, 0.1) is 6.54 Å². The molecule has 1 atom stereocenters. The number of halogens is 3. The number of hydrogen-bond acceptors (Lipinski definition) is 4. The zero-order chi connectivity index (χ0) is 17.0. The number of carboxylic acids is 1. The first-order valence-electron chi connectivity index (χ1n) is 5.86. The molecule has 2 amide bonds. The van der Waals surface area contributed by atoms with Crippen molar-refractivity contribution in [3.63, 3.8) is 0 Å². The van der Waals surface area contributed by atoms with Gasteiger partial charge in [-0.15, -0.1) is 13.2 Å². The standard InChI is InChI=1S/C12H13F3N2O5/c1-11(21,9(18)19)6-16-10(20)17-7-3-2-4-8(5-7)22-12(13,14)15/h2-5,21H,6H2,1H3,(H,18,19)(H2,16,17,20). The Kier molecular flexibility index (Phi) is 5.20. The summed E-state index contributed by atoms with van der Waals surface area (Å²) in [5.41, 5.74) is -2.17. The number of rotatable bonds is 5. The molecule has 0 aliphatic heterocycles. The van der Waals surface area contributed by atoms with Gasteiger partial charge >= 0.3 is 18.4 Å². The monoisotopic (exact) mass is 322 g/mol. The molecule has 0 bridgehead atoms. The molecule has 0 fully saturated rings. The van der Waals surface area contributed by atoms with E-state index in [0.29, 0.717) is 0 Å². The largest absolute Gasteiger partial charge is 0.573 e. The lowest BCUT2D eigenvalue weighted by atomic mass is 10.1. The lowest BCUT2D eigenvalue weighted by Gasteiger charge is -2.18. The molecule has 10 heteroatoms. The summed E-state index contributed by atoms with van der Waals surface area (Å²) in [6.45, 7) is 0.389. The van der Waals surface area contributed by atoms with E-state index in [4.69, 9.17) is 5.11 Å². The molecule has 7 nitrogen and oxygen atoms in total. The number of aliphatic carboxylic acids is 1. The van der Waals surface area contributed by atoms with Crippen molar-refractivity contribution in [2.24, 2.45) is 0 Å². The molecular formula is C12H13F3N2O5. The van der Waals surface area contributed by atoms with Crippen LogP contribution in [-0.2, 0) is 4.79 Å². The van der Waals surface area contributed by atoms with E-state index in [1.54, 1.807) is 0 Å². The molecule has 0 aromatic heterocycles. The third-order valence-corrected chi connectivity index (χ3v) is 2.38. The lowest BCUT2D eigenvalue weighted by molar-refractivity contribution is -0.274. The van der Waals surface area contributed by atoms with Crippen LogP contribution in [0.15, 0.2) is 24.3 Å². The molecule has 0 aliphatic rings. The Morgan fingerprint density at radius 2 is 1.95 bits per heavy atom. The zero-order valence-corrected chi connectivity index (χ0v) is 11.3. The molecule has 0 heterocycles. The van der Waals surface area contributed by atoms with Gasteiger partial charge in [0.2, 0.25) is 0 Å². The molecule has 0 aliphatic carbocycles. The lowest BCUT2D eigenvalue weighted by Crippen LogP contribution is -2.47. The predicted octanol–water partition coefficient (Wildman–Crippen LogP) is 1.54. The van der Waals surface area contributed by atoms with E-state index in [9.17, 15) is 27.9 Å². The number of aliphatic hydroxyl groups is 1. The predicted molar refractivity (Wildman–Crippen MR) is 68.4 cm³/mol. The third kappa shape index (κ3) is 5.87. The summed E-state index contributed by atoms with van der Waals surface area (Å²) in [4.78, 5) is 22.1. The Morgan fingerprint density at radius 1 is 1.32 bits per heavy atom. The van der Waals surface area contributed by atoms with Crippen LogP contribution in [0.3, 0.4) is 0 Å². The van der Waals surface area contributed by atoms with Gasteiger partial charge < -0.3 is 25.6 Å². The second-order valence-electron chi connectivity index (χ2n) is 4.46. The van der Waals surface area contributed by atoms with Crippen molar-refractivity contribution in [1.29, 1.82) is 0 Å². The van der Waals surface area contributed by atoms with Crippen LogP contribution >= 0.6 is 0 Å². The fraction of sp³-hybridized carbons (Fsp3) is 0.333. The minimum absolute atomic E-state index is 0.00535. The van der Waals surface area contributed by atoms with Crippen molar-refractivity contribution in [2.45, 2.75) is 18.9 Å².